The minimum atomic E-state index is -0.124. The number of fused-ring (bicyclic) bond motifs is 1. The molecule has 1 amide bonds. The number of nitrogens with zero attached hydrogens (tertiary/aromatic N) is 2. The van der Waals surface area contributed by atoms with Crippen molar-refractivity contribution in [1.82, 2.24) is 15.1 Å². The van der Waals surface area contributed by atoms with Gasteiger partial charge in [-0.3, -0.25) is 9.89 Å². The van der Waals surface area contributed by atoms with Gasteiger partial charge in [-0.25, -0.2) is 0 Å². The maximum absolute atomic E-state index is 13.3. The van der Waals surface area contributed by atoms with E-state index in [4.69, 9.17) is 14.2 Å². The Labute approximate surface area is 175 Å². The zero-order valence-electron chi connectivity index (χ0n) is 17.3. The van der Waals surface area contributed by atoms with Crippen LogP contribution in [-0.4, -0.2) is 47.6 Å². The summed E-state index contributed by atoms with van der Waals surface area (Å²) in [6.07, 6.45) is 0. The summed E-state index contributed by atoms with van der Waals surface area (Å²) in [6, 6.07) is 15.4. The van der Waals surface area contributed by atoms with Crippen LogP contribution in [0.4, 0.5) is 0 Å². The van der Waals surface area contributed by atoms with Crippen LogP contribution in [0.1, 0.15) is 28.5 Å². The van der Waals surface area contributed by atoms with Gasteiger partial charge in [0, 0.05) is 19.2 Å². The van der Waals surface area contributed by atoms with E-state index in [2.05, 4.69) is 16.3 Å². The van der Waals surface area contributed by atoms with E-state index in [-0.39, 0.29) is 18.7 Å². The minimum Gasteiger partial charge on any atom is -0.454 e. The summed E-state index contributed by atoms with van der Waals surface area (Å²) in [5.74, 6) is 1.27. The molecule has 1 aliphatic rings. The second-order valence-electron chi connectivity index (χ2n) is 7.46. The highest BCUT2D eigenvalue weighted by Gasteiger charge is 2.24. The van der Waals surface area contributed by atoms with Crippen LogP contribution in [0.5, 0.6) is 11.5 Å². The molecule has 1 unspecified atom stereocenters. The van der Waals surface area contributed by atoms with E-state index in [1.54, 1.807) is 18.1 Å². The van der Waals surface area contributed by atoms with E-state index < -0.39 is 0 Å². The first-order chi connectivity index (χ1) is 14.5. The topological polar surface area (TPSA) is 76.7 Å². The number of hydrogen-bond donors (Lipinski definition) is 1. The van der Waals surface area contributed by atoms with Crippen LogP contribution >= 0.6 is 0 Å². The quantitative estimate of drug-likeness (QED) is 0.645. The van der Waals surface area contributed by atoms with Gasteiger partial charge in [0.25, 0.3) is 5.91 Å². The highest BCUT2D eigenvalue weighted by Crippen LogP contribution is 2.35. The number of nitrogens with one attached hydrogen (secondary N) is 1. The average molecular weight is 407 g/mol. The molecule has 1 N–H and O–H groups in total. The van der Waals surface area contributed by atoms with E-state index in [0.29, 0.717) is 36.0 Å². The summed E-state index contributed by atoms with van der Waals surface area (Å²) < 4.78 is 16.1. The first kappa shape index (κ1) is 20.0. The van der Waals surface area contributed by atoms with Crippen molar-refractivity contribution in [2.45, 2.75) is 26.4 Å². The number of carbonyl (C=O) groups excluding carboxylic acids is 1. The number of amides is 1. The Morgan fingerprint density at radius 1 is 1.20 bits per heavy atom. The van der Waals surface area contributed by atoms with Crippen LogP contribution in [-0.2, 0) is 11.3 Å². The van der Waals surface area contributed by atoms with Crippen LogP contribution < -0.4 is 9.47 Å². The van der Waals surface area contributed by atoms with Crippen LogP contribution in [0.15, 0.2) is 48.5 Å². The molecule has 7 nitrogen and oxygen atoms in total. The molecule has 7 heteroatoms. The Morgan fingerprint density at radius 3 is 2.83 bits per heavy atom. The fourth-order valence-corrected chi connectivity index (χ4v) is 3.56. The Hall–Kier alpha value is -3.32. The number of carbonyl (C=O) groups is 1. The van der Waals surface area contributed by atoms with Crippen molar-refractivity contribution in [3.8, 4) is 22.8 Å². The maximum atomic E-state index is 13.3. The maximum Gasteiger partial charge on any atom is 0.272 e. The molecule has 2 heterocycles. The van der Waals surface area contributed by atoms with Gasteiger partial charge in [-0.15, -0.1) is 0 Å². The van der Waals surface area contributed by atoms with Crippen molar-refractivity contribution in [3.05, 3.63) is 65.4 Å². The molecule has 0 aliphatic carbocycles. The molecular weight excluding hydrogens is 382 g/mol. The van der Waals surface area contributed by atoms with Gasteiger partial charge in [0.2, 0.25) is 6.79 Å². The number of ether oxygens (including phenoxy) is 3. The van der Waals surface area contributed by atoms with Crippen molar-refractivity contribution in [3.63, 3.8) is 0 Å². The summed E-state index contributed by atoms with van der Waals surface area (Å²) in [7, 11) is 1.64. The predicted molar refractivity (Wildman–Crippen MR) is 113 cm³/mol. The third kappa shape index (κ3) is 4.16. The Morgan fingerprint density at radius 2 is 2.03 bits per heavy atom. The van der Waals surface area contributed by atoms with Gasteiger partial charge in [-0.1, -0.05) is 29.8 Å². The van der Waals surface area contributed by atoms with E-state index in [1.807, 2.05) is 50.2 Å². The fourth-order valence-electron chi connectivity index (χ4n) is 3.56. The zero-order valence-corrected chi connectivity index (χ0v) is 17.3. The van der Waals surface area contributed by atoms with Gasteiger partial charge in [0.05, 0.1) is 18.3 Å². The molecule has 1 aliphatic heterocycles. The average Bonchev–Trinajstić information content (AvgIpc) is 3.40. The lowest BCUT2D eigenvalue weighted by Gasteiger charge is -2.28. The lowest BCUT2D eigenvalue weighted by atomic mass is 10.1. The van der Waals surface area contributed by atoms with Crippen LogP contribution in [0.2, 0.25) is 0 Å². The SMILES string of the molecule is COCC(C)N(Cc1cccc(C)c1)C(=O)c1cc(-c2ccc3c(c2)OCO3)n[nH]1. The van der Waals surface area contributed by atoms with Crippen molar-refractivity contribution in [2.75, 3.05) is 20.5 Å². The first-order valence-electron chi connectivity index (χ1n) is 9.86. The molecule has 1 aromatic heterocycles. The fraction of sp³-hybridized carbons (Fsp3) is 0.304. The molecule has 30 heavy (non-hydrogen) atoms. The van der Waals surface area contributed by atoms with Crippen LogP contribution in [0.3, 0.4) is 0 Å². The number of aromatic amines is 1. The molecule has 0 fully saturated rings. The number of aromatic nitrogens is 2. The van der Waals surface area contributed by atoms with E-state index in [9.17, 15) is 4.79 Å². The molecule has 0 saturated carbocycles. The third-order valence-corrected chi connectivity index (χ3v) is 5.11. The number of methoxy groups -OCH3 is 1. The Kier molecular flexibility index (Phi) is 5.72. The van der Waals surface area contributed by atoms with E-state index in [1.165, 1.54) is 0 Å². The third-order valence-electron chi connectivity index (χ3n) is 5.11. The van der Waals surface area contributed by atoms with Crippen molar-refractivity contribution >= 4 is 5.91 Å². The van der Waals surface area contributed by atoms with Gasteiger partial charge in [-0.05, 0) is 43.7 Å². The number of rotatable bonds is 7. The molecule has 0 radical (unpaired) electrons. The smallest absolute Gasteiger partial charge is 0.272 e. The summed E-state index contributed by atoms with van der Waals surface area (Å²) in [5, 5.41) is 7.23. The van der Waals surface area contributed by atoms with Crippen LogP contribution in [0.25, 0.3) is 11.3 Å². The zero-order chi connectivity index (χ0) is 21.1. The molecule has 0 bridgehead atoms. The molecule has 156 valence electrons. The monoisotopic (exact) mass is 407 g/mol. The Bertz CT molecular complexity index is 1050. The summed E-state index contributed by atoms with van der Waals surface area (Å²) in [6.45, 7) is 5.17. The summed E-state index contributed by atoms with van der Waals surface area (Å²) in [5.41, 5.74) is 4.18. The molecule has 0 saturated heterocycles. The summed E-state index contributed by atoms with van der Waals surface area (Å²) >= 11 is 0. The molecular formula is C23H25N3O4. The first-order valence-corrected chi connectivity index (χ1v) is 9.86. The van der Waals surface area contributed by atoms with Gasteiger partial charge in [0.1, 0.15) is 5.69 Å². The molecule has 1 atom stereocenters. The molecule has 2 aromatic carbocycles. The predicted octanol–water partition coefficient (Wildman–Crippen LogP) is 3.79. The minimum absolute atomic E-state index is 0.0969. The second-order valence-corrected chi connectivity index (χ2v) is 7.46. The van der Waals surface area contributed by atoms with Crippen molar-refractivity contribution in [1.29, 1.82) is 0 Å². The number of H-pyrrole nitrogens is 1. The van der Waals surface area contributed by atoms with Gasteiger partial charge in [-0.2, -0.15) is 5.10 Å². The van der Waals surface area contributed by atoms with Crippen LogP contribution in [0, 0.1) is 6.92 Å². The number of benzene rings is 2. The largest absolute Gasteiger partial charge is 0.454 e. The Balaban J connectivity index is 1.58. The van der Waals surface area contributed by atoms with E-state index in [0.717, 1.165) is 16.7 Å². The molecule has 0 spiro atoms. The van der Waals surface area contributed by atoms with Crippen molar-refractivity contribution in [2.24, 2.45) is 0 Å². The lowest BCUT2D eigenvalue weighted by molar-refractivity contribution is 0.0536. The number of aryl methyl sites for hydroxylation is 1. The number of hydrogen-bond acceptors (Lipinski definition) is 5. The van der Waals surface area contributed by atoms with Gasteiger partial charge < -0.3 is 19.1 Å². The van der Waals surface area contributed by atoms with Gasteiger partial charge in [0.15, 0.2) is 11.5 Å². The molecule has 3 aromatic rings. The lowest BCUT2D eigenvalue weighted by Crippen LogP contribution is -2.40. The van der Waals surface area contributed by atoms with E-state index >= 15 is 0 Å². The highest BCUT2D eigenvalue weighted by molar-refractivity contribution is 5.93. The highest BCUT2D eigenvalue weighted by atomic mass is 16.7. The second kappa shape index (κ2) is 8.59. The standard InChI is InChI=1S/C23H25N3O4/c1-15-5-4-6-17(9-15)12-26(16(2)13-28-3)23(27)20-11-19(24-25-20)18-7-8-21-22(10-18)30-14-29-21/h4-11,16H,12-14H2,1-3H3,(H,24,25). The normalized spacial score (nSPS) is 13.3. The van der Waals surface area contributed by atoms with Crippen molar-refractivity contribution < 1.29 is 19.0 Å². The van der Waals surface area contributed by atoms with Gasteiger partial charge >= 0.3 is 0 Å². The summed E-state index contributed by atoms with van der Waals surface area (Å²) in [4.78, 5) is 15.1. The molecule has 4 rings (SSSR count).